The summed E-state index contributed by atoms with van der Waals surface area (Å²) in [5, 5.41) is 10.7. The van der Waals surface area contributed by atoms with Gasteiger partial charge >= 0.3 is 0 Å². The van der Waals surface area contributed by atoms with E-state index in [1.54, 1.807) is 0 Å². The van der Waals surface area contributed by atoms with Gasteiger partial charge in [0.05, 0.1) is 12.7 Å². The van der Waals surface area contributed by atoms with Gasteiger partial charge in [0.1, 0.15) is 18.3 Å². The highest BCUT2D eigenvalue weighted by Gasteiger charge is 2.52. The summed E-state index contributed by atoms with van der Waals surface area (Å²) in [6, 6.07) is 0. The molecule has 1 aliphatic heterocycles. The summed E-state index contributed by atoms with van der Waals surface area (Å²) in [6.07, 6.45) is -2.57. The zero-order valence-corrected chi connectivity index (χ0v) is 24.1. The predicted octanol–water partition coefficient (Wildman–Crippen LogP) is 4.22. The monoisotopic (exact) mass is 468 g/mol. The lowest BCUT2D eigenvalue weighted by molar-refractivity contribution is -0.144. The van der Waals surface area contributed by atoms with Crippen molar-refractivity contribution in [2.24, 2.45) is 0 Å². The fourth-order valence-corrected chi connectivity index (χ4v) is 6.95. The van der Waals surface area contributed by atoms with Crippen molar-refractivity contribution in [1.82, 2.24) is 0 Å². The highest BCUT2D eigenvalue weighted by Crippen LogP contribution is 2.33. The van der Waals surface area contributed by atoms with E-state index in [1.807, 2.05) is 0 Å². The fourth-order valence-electron chi connectivity index (χ4n) is 3.02. The lowest BCUT2D eigenvalue weighted by Crippen LogP contribution is -2.53. The number of hydrogen-bond donors (Lipinski definition) is 1. The number of ether oxygens (including phenoxy) is 1. The molecule has 0 aromatic carbocycles. The molecule has 28 heavy (non-hydrogen) atoms. The maximum atomic E-state index is 10.7. The minimum atomic E-state index is -1.91. The molecule has 1 heterocycles. The maximum Gasteiger partial charge on any atom is 0.184 e. The third-order valence-electron chi connectivity index (χ3n) is 3.76. The largest absolute Gasteiger partial charge is 0.415 e. The van der Waals surface area contributed by atoms with Crippen molar-refractivity contribution in [3.05, 3.63) is 0 Å². The van der Waals surface area contributed by atoms with Gasteiger partial charge in [-0.2, -0.15) is 0 Å². The average Bonchev–Trinajstić information content (AvgIpc) is 2.66. The Morgan fingerprint density at radius 3 is 1.57 bits per heavy atom. The molecule has 1 unspecified atom stereocenters. The summed E-state index contributed by atoms with van der Waals surface area (Å²) < 4.78 is 31.5. The number of aliphatic hydroxyl groups is 1. The van der Waals surface area contributed by atoms with Gasteiger partial charge in [-0.1, -0.05) is 0 Å². The van der Waals surface area contributed by atoms with Crippen molar-refractivity contribution in [2.45, 2.75) is 109 Å². The van der Waals surface area contributed by atoms with Crippen LogP contribution in [0.4, 0.5) is 0 Å². The van der Waals surface area contributed by atoms with Crippen molar-refractivity contribution in [1.29, 1.82) is 0 Å². The Kier molecular flexibility index (Phi) is 8.96. The molecule has 1 N–H and O–H groups in total. The molecule has 10 heteroatoms. The highest BCUT2D eigenvalue weighted by molar-refractivity contribution is 6.71. The van der Waals surface area contributed by atoms with E-state index in [9.17, 15) is 5.11 Å². The van der Waals surface area contributed by atoms with Crippen LogP contribution in [0.2, 0.25) is 78.6 Å². The molecule has 0 amide bonds. The second kappa shape index (κ2) is 9.41. The Bertz CT molecular complexity index is 492. The van der Waals surface area contributed by atoms with Gasteiger partial charge in [0.15, 0.2) is 39.6 Å². The smallest absolute Gasteiger partial charge is 0.184 e. The predicted molar refractivity (Wildman–Crippen MR) is 125 cm³/mol. The second-order valence-electron chi connectivity index (χ2n) is 11.6. The van der Waals surface area contributed by atoms with Gasteiger partial charge in [-0.15, -0.1) is 0 Å². The molecule has 0 radical (unpaired) electrons. The van der Waals surface area contributed by atoms with Crippen LogP contribution in [0.1, 0.15) is 0 Å². The van der Waals surface area contributed by atoms with E-state index in [2.05, 4.69) is 78.6 Å². The van der Waals surface area contributed by atoms with Gasteiger partial charge in [0, 0.05) is 0 Å². The summed E-state index contributed by atoms with van der Waals surface area (Å²) >= 11 is 0. The van der Waals surface area contributed by atoms with E-state index in [0.29, 0.717) is 6.61 Å². The summed E-state index contributed by atoms with van der Waals surface area (Å²) in [5.41, 5.74) is 0. The molecule has 0 aliphatic carbocycles. The molecule has 1 fully saturated rings. The van der Waals surface area contributed by atoms with Crippen LogP contribution in [0.3, 0.4) is 0 Å². The zero-order chi connectivity index (χ0) is 22.1. The van der Waals surface area contributed by atoms with Crippen LogP contribution < -0.4 is 0 Å². The first kappa shape index (κ1) is 26.7. The average molecular weight is 469 g/mol. The molecule has 6 nitrogen and oxygen atoms in total. The topological polar surface area (TPSA) is 66.4 Å². The Morgan fingerprint density at radius 1 is 0.714 bits per heavy atom. The van der Waals surface area contributed by atoms with Crippen LogP contribution in [-0.2, 0) is 22.4 Å². The molecule has 1 saturated heterocycles. The first-order valence-electron chi connectivity index (χ1n) is 10.3. The van der Waals surface area contributed by atoms with Crippen molar-refractivity contribution >= 4 is 33.3 Å². The minimum absolute atomic E-state index is 0.287. The van der Waals surface area contributed by atoms with Crippen molar-refractivity contribution in [3.8, 4) is 0 Å². The summed E-state index contributed by atoms with van der Waals surface area (Å²) in [5.74, 6) is 0. The normalized spacial score (nSPS) is 28.6. The lowest BCUT2D eigenvalue weighted by atomic mass is 10.1. The van der Waals surface area contributed by atoms with E-state index in [-0.39, 0.29) is 12.2 Å². The number of hydrogen-bond acceptors (Lipinski definition) is 6. The summed E-state index contributed by atoms with van der Waals surface area (Å²) in [6.45, 7) is 26.2. The summed E-state index contributed by atoms with van der Waals surface area (Å²) in [4.78, 5) is 0. The van der Waals surface area contributed by atoms with E-state index < -0.39 is 51.8 Å². The molecule has 0 aromatic heterocycles. The van der Waals surface area contributed by atoms with Crippen LogP contribution >= 0.6 is 0 Å². The third kappa shape index (κ3) is 10.1. The molecule has 0 saturated carbocycles. The van der Waals surface area contributed by atoms with Gasteiger partial charge in [-0.05, 0) is 78.6 Å². The molecule has 1 rings (SSSR count). The van der Waals surface area contributed by atoms with E-state index in [0.717, 1.165) is 0 Å². The Morgan fingerprint density at radius 2 is 1.18 bits per heavy atom. The third-order valence-corrected chi connectivity index (χ3v) is 7.76. The van der Waals surface area contributed by atoms with Gasteiger partial charge in [-0.3, -0.25) is 0 Å². The van der Waals surface area contributed by atoms with Gasteiger partial charge in [-0.25, -0.2) is 0 Å². The SMILES string of the molecule is C[Si](C)(C)OCC(O[Si](C)(C)C)[C@H]1O[C@@H](O)[C@H](O[Si](C)(C)C)[C@H]1O[Si](C)(C)C. The van der Waals surface area contributed by atoms with Gasteiger partial charge in [0.2, 0.25) is 0 Å². The number of aliphatic hydroxyl groups excluding tert-OH is 1. The molecular weight excluding hydrogens is 425 g/mol. The first-order chi connectivity index (χ1) is 12.3. The molecule has 168 valence electrons. The molecule has 1 aliphatic rings. The van der Waals surface area contributed by atoms with Crippen molar-refractivity contribution in [3.63, 3.8) is 0 Å². The molecule has 0 aromatic rings. The van der Waals surface area contributed by atoms with E-state index in [4.69, 9.17) is 22.4 Å². The van der Waals surface area contributed by atoms with E-state index >= 15 is 0 Å². The molecular formula is C18H44O6Si4. The van der Waals surface area contributed by atoms with Crippen LogP contribution in [0, 0.1) is 0 Å². The van der Waals surface area contributed by atoms with Crippen molar-refractivity contribution < 1.29 is 27.5 Å². The Balaban J connectivity index is 3.18. The quantitative estimate of drug-likeness (QED) is 0.484. The standard InChI is InChI=1S/C18H44O6Si4/c1-25(2,3)20-13-14(22-26(4,5)6)15-16(23-27(7,8)9)17(18(19)21-15)24-28(10,11)12/h14-19H,13H2,1-12H3/t14?,15-,16+,17-,18-/m1/s1. The van der Waals surface area contributed by atoms with Gasteiger partial charge in [0.25, 0.3) is 0 Å². The zero-order valence-electron chi connectivity index (χ0n) is 20.1. The second-order valence-corrected chi connectivity index (χ2v) is 29.5. The van der Waals surface area contributed by atoms with Crippen molar-refractivity contribution in [2.75, 3.05) is 6.61 Å². The van der Waals surface area contributed by atoms with Crippen LogP contribution in [0.5, 0.6) is 0 Å². The fraction of sp³-hybridized carbons (Fsp3) is 1.00. The Labute approximate surface area is 176 Å². The van der Waals surface area contributed by atoms with Crippen LogP contribution in [-0.4, -0.2) is 75.7 Å². The lowest BCUT2D eigenvalue weighted by Gasteiger charge is -2.37. The maximum absolute atomic E-state index is 10.7. The van der Waals surface area contributed by atoms with E-state index in [1.165, 1.54) is 0 Å². The first-order valence-corrected chi connectivity index (χ1v) is 23.9. The Hall–Kier alpha value is 0.628. The molecule has 0 bridgehead atoms. The minimum Gasteiger partial charge on any atom is -0.415 e. The van der Waals surface area contributed by atoms with Crippen LogP contribution in [0.15, 0.2) is 0 Å². The van der Waals surface area contributed by atoms with Gasteiger partial charge < -0.3 is 27.5 Å². The number of rotatable bonds is 10. The molecule has 0 spiro atoms. The highest BCUT2D eigenvalue weighted by atomic mass is 28.4. The molecule has 5 atom stereocenters. The van der Waals surface area contributed by atoms with Crippen LogP contribution in [0.25, 0.3) is 0 Å². The summed E-state index contributed by atoms with van der Waals surface area (Å²) in [7, 11) is -7.40.